The maximum Gasteiger partial charge on any atom is 0.433 e. The molecular weight excluding hydrogens is 482 g/mol. The highest BCUT2D eigenvalue weighted by molar-refractivity contribution is 7.88. The third-order valence-corrected chi connectivity index (χ3v) is 6.58. The minimum absolute atomic E-state index is 0.0473. The van der Waals surface area contributed by atoms with E-state index in [9.17, 15) is 39.6 Å². The molecule has 2 fully saturated rings. The zero-order valence-corrected chi connectivity index (χ0v) is 17.8. The third kappa shape index (κ3) is 5.33. The van der Waals surface area contributed by atoms with Gasteiger partial charge in [0.1, 0.15) is 0 Å². The van der Waals surface area contributed by atoms with E-state index < -0.39 is 64.0 Å². The molecule has 0 aromatic heterocycles. The normalized spacial score (nSPS) is 23.0. The van der Waals surface area contributed by atoms with Gasteiger partial charge in [-0.3, -0.25) is 4.79 Å². The van der Waals surface area contributed by atoms with Crippen LogP contribution < -0.4 is 4.90 Å². The van der Waals surface area contributed by atoms with Gasteiger partial charge < -0.3 is 14.5 Å². The first kappa shape index (κ1) is 25.1. The summed E-state index contributed by atoms with van der Waals surface area (Å²) in [6.07, 6.45) is -13.3. The lowest BCUT2D eigenvalue weighted by molar-refractivity contribution is -0.215. The molecule has 1 aromatic rings. The standard InChI is InChI=1S/C18H18F6N4O4S/c1-33(30,31)27-6-4-26(5-7-27)15(29)14-10-28(16(32-14)18(22,23)24)12-3-2-11(9-25)13(8-12)17(19,20)21/h2-3,8,14,16H,4-7,10H2,1H3. The van der Waals surface area contributed by atoms with E-state index in [4.69, 9.17) is 10.00 Å². The van der Waals surface area contributed by atoms with Crippen molar-refractivity contribution >= 4 is 21.6 Å². The SMILES string of the molecule is CS(=O)(=O)N1CCN(C(=O)C2CN(c3ccc(C#N)c(C(F)(F)F)c3)C(C(F)(F)F)O2)CC1. The molecular formula is C18H18F6N4O4S. The Morgan fingerprint density at radius 1 is 1.12 bits per heavy atom. The molecule has 1 amide bonds. The molecule has 0 N–H and O–H groups in total. The van der Waals surface area contributed by atoms with Crippen molar-refractivity contribution in [2.24, 2.45) is 0 Å². The van der Waals surface area contributed by atoms with Gasteiger partial charge in [-0.25, -0.2) is 8.42 Å². The number of carbonyl (C=O) groups excluding carboxylic acids is 1. The summed E-state index contributed by atoms with van der Waals surface area (Å²) in [7, 11) is -3.50. The molecule has 1 aromatic carbocycles. The van der Waals surface area contributed by atoms with Gasteiger partial charge in [0, 0.05) is 31.9 Å². The number of sulfonamides is 1. The van der Waals surface area contributed by atoms with Crippen LogP contribution in [0.5, 0.6) is 0 Å². The summed E-state index contributed by atoms with van der Waals surface area (Å²) in [5.41, 5.74) is -2.68. The monoisotopic (exact) mass is 500 g/mol. The first-order valence-corrected chi connectivity index (χ1v) is 11.3. The molecule has 2 aliphatic rings. The van der Waals surface area contributed by atoms with Gasteiger partial charge in [-0.1, -0.05) is 0 Å². The van der Waals surface area contributed by atoms with Crippen molar-refractivity contribution in [1.29, 1.82) is 5.26 Å². The fourth-order valence-corrected chi connectivity index (χ4v) is 4.49. The van der Waals surface area contributed by atoms with E-state index in [1.165, 1.54) is 6.07 Å². The van der Waals surface area contributed by atoms with Crippen molar-refractivity contribution in [1.82, 2.24) is 9.21 Å². The van der Waals surface area contributed by atoms with Crippen LogP contribution in [0.2, 0.25) is 0 Å². The molecule has 182 valence electrons. The van der Waals surface area contributed by atoms with Crippen LogP contribution in [0, 0.1) is 11.3 Å². The van der Waals surface area contributed by atoms with Crippen LogP contribution in [0.1, 0.15) is 11.1 Å². The first-order chi connectivity index (χ1) is 15.1. The molecule has 2 aliphatic heterocycles. The van der Waals surface area contributed by atoms with E-state index in [1.807, 2.05) is 0 Å². The number of rotatable bonds is 3. The summed E-state index contributed by atoms with van der Waals surface area (Å²) in [6, 6.07) is 3.44. The Hall–Kier alpha value is -2.57. The molecule has 0 radical (unpaired) electrons. The zero-order valence-electron chi connectivity index (χ0n) is 17.0. The second kappa shape index (κ2) is 8.65. The van der Waals surface area contributed by atoms with Crippen molar-refractivity contribution in [2.75, 3.05) is 43.9 Å². The van der Waals surface area contributed by atoms with Gasteiger partial charge >= 0.3 is 12.4 Å². The molecule has 0 aliphatic carbocycles. The van der Waals surface area contributed by atoms with Crippen molar-refractivity contribution in [3.05, 3.63) is 29.3 Å². The van der Waals surface area contributed by atoms with Gasteiger partial charge in [-0.15, -0.1) is 0 Å². The molecule has 0 bridgehead atoms. The smallest absolute Gasteiger partial charge is 0.338 e. The molecule has 15 heteroatoms. The van der Waals surface area contributed by atoms with Crippen molar-refractivity contribution < 1.29 is 44.3 Å². The number of nitrogens with zero attached hydrogens (tertiary/aromatic N) is 4. The van der Waals surface area contributed by atoms with Crippen molar-refractivity contribution in [2.45, 2.75) is 24.7 Å². The number of hydrogen-bond acceptors (Lipinski definition) is 6. The van der Waals surface area contributed by atoms with Crippen LogP contribution in [0.4, 0.5) is 32.0 Å². The summed E-state index contributed by atoms with van der Waals surface area (Å²) in [5, 5.41) is 8.89. The number of ether oxygens (including phenoxy) is 1. The van der Waals surface area contributed by atoms with Crippen LogP contribution in [-0.2, 0) is 25.7 Å². The van der Waals surface area contributed by atoms with Crippen LogP contribution in [0.15, 0.2) is 18.2 Å². The highest BCUT2D eigenvalue weighted by Crippen LogP contribution is 2.39. The number of amides is 1. The summed E-state index contributed by atoms with van der Waals surface area (Å²) >= 11 is 0. The van der Waals surface area contributed by atoms with E-state index in [0.717, 1.165) is 27.6 Å². The fraction of sp³-hybridized carbons (Fsp3) is 0.556. The highest BCUT2D eigenvalue weighted by Gasteiger charge is 2.53. The van der Waals surface area contributed by atoms with E-state index in [-0.39, 0.29) is 26.2 Å². The van der Waals surface area contributed by atoms with E-state index in [0.29, 0.717) is 11.0 Å². The molecule has 2 unspecified atom stereocenters. The summed E-state index contributed by atoms with van der Waals surface area (Å²) in [6.45, 7) is -0.921. The Bertz CT molecular complexity index is 1060. The molecule has 2 heterocycles. The Kier molecular flexibility index (Phi) is 6.57. The van der Waals surface area contributed by atoms with Gasteiger partial charge in [-0.2, -0.15) is 35.9 Å². The fourth-order valence-electron chi connectivity index (χ4n) is 3.66. The predicted octanol–water partition coefficient (Wildman–Crippen LogP) is 1.77. The minimum Gasteiger partial charge on any atom is -0.338 e. The average Bonchev–Trinajstić information content (AvgIpc) is 3.17. The third-order valence-electron chi connectivity index (χ3n) is 5.27. The van der Waals surface area contributed by atoms with Crippen LogP contribution in [0.25, 0.3) is 0 Å². The van der Waals surface area contributed by atoms with Gasteiger partial charge in [0.2, 0.25) is 16.3 Å². The van der Waals surface area contributed by atoms with Crippen molar-refractivity contribution in [3.8, 4) is 6.07 Å². The number of anilines is 1. The van der Waals surface area contributed by atoms with Crippen LogP contribution in [0.3, 0.4) is 0 Å². The maximum atomic E-state index is 13.6. The lowest BCUT2D eigenvalue weighted by Gasteiger charge is -2.34. The molecule has 3 rings (SSSR count). The van der Waals surface area contributed by atoms with Crippen molar-refractivity contribution in [3.63, 3.8) is 0 Å². The number of alkyl halides is 6. The predicted molar refractivity (Wildman–Crippen MR) is 101 cm³/mol. The molecule has 8 nitrogen and oxygen atoms in total. The molecule has 0 saturated carbocycles. The van der Waals surface area contributed by atoms with Gasteiger partial charge in [-0.05, 0) is 18.2 Å². The largest absolute Gasteiger partial charge is 0.433 e. The first-order valence-electron chi connectivity index (χ1n) is 9.47. The Morgan fingerprint density at radius 2 is 1.73 bits per heavy atom. The summed E-state index contributed by atoms with van der Waals surface area (Å²) < 4.78 is 110. The topological polar surface area (TPSA) is 94.0 Å². The van der Waals surface area contributed by atoms with Gasteiger partial charge in [0.15, 0.2) is 6.10 Å². The van der Waals surface area contributed by atoms with Crippen LogP contribution >= 0.6 is 0 Å². The molecule has 2 saturated heterocycles. The quantitative estimate of drug-likeness (QED) is 0.588. The molecule has 2 atom stereocenters. The van der Waals surface area contributed by atoms with E-state index >= 15 is 0 Å². The second-order valence-corrected chi connectivity index (χ2v) is 9.48. The number of carbonyl (C=O) groups is 1. The number of benzene rings is 1. The number of nitriles is 1. The lowest BCUT2D eigenvalue weighted by Crippen LogP contribution is -2.53. The number of piperazine rings is 1. The van der Waals surface area contributed by atoms with E-state index in [1.54, 1.807) is 0 Å². The highest BCUT2D eigenvalue weighted by atomic mass is 32.2. The van der Waals surface area contributed by atoms with Gasteiger partial charge in [0.05, 0.1) is 30.0 Å². The van der Waals surface area contributed by atoms with Gasteiger partial charge in [0.25, 0.3) is 5.91 Å². The maximum absolute atomic E-state index is 13.6. The lowest BCUT2D eigenvalue weighted by atomic mass is 10.1. The zero-order chi connectivity index (χ0) is 24.8. The second-order valence-electron chi connectivity index (χ2n) is 7.50. The number of halogens is 6. The number of hydrogen-bond donors (Lipinski definition) is 0. The van der Waals surface area contributed by atoms with E-state index in [2.05, 4.69) is 0 Å². The summed E-state index contributed by atoms with van der Waals surface area (Å²) in [5.74, 6) is -0.829. The molecule has 33 heavy (non-hydrogen) atoms. The minimum atomic E-state index is -5.03. The Morgan fingerprint density at radius 3 is 2.21 bits per heavy atom. The average molecular weight is 500 g/mol. The van der Waals surface area contributed by atoms with Crippen LogP contribution in [-0.4, -0.2) is 81.0 Å². The Labute approximate surface area is 185 Å². The summed E-state index contributed by atoms with van der Waals surface area (Å²) in [4.78, 5) is 14.4. The Balaban J connectivity index is 1.85. The molecule has 0 spiro atoms.